The normalized spacial score (nSPS) is 11.2. The summed E-state index contributed by atoms with van der Waals surface area (Å²) in [5.74, 6) is -0.0578. The fourth-order valence-corrected chi connectivity index (χ4v) is 2.62. The number of hydrogen-bond donors (Lipinski definition) is 0. The monoisotopic (exact) mass is 391 g/mol. The molecule has 0 saturated carbocycles. The molecular weight excluding hydrogens is 370 g/mol. The molecule has 0 unspecified atom stereocenters. The molecule has 29 heavy (non-hydrogen) atoms. The van der Waals surface area contributed by atoms with E-state index in [2.05, 4.69) is 5.10 Å². The number of nitrogens with zero attached hydrogens (tertiary/aromatic N) is 3. The van der Waals surface area contributed by atoms with Gasteiger partial charge in [0.15, 0.2) is 0 Å². The smallest absolute Gasteiger partial charge is 0.337 e. The number of carbonyl (C=O) groups is 1. The number of aryl methyl sites for hydroxylation is 1. The van der Waals surface area contributed by atoms with Gasteiger partial charge in [0, 0.05) is 24.3 Å². The predicted octanol–water partition coefficient (Wildman–Crippen LogP) is 4.83. The zero-order chi connectivity index (χ0) is 21.0. The number of benzene rings is 2. The lowest BCUT2D eigenvalue weighted by atomic mass is 10.1. The number of carbonyl (C=O) groups excluding carboxylic acids is 1. The molecule has 0 aliphatic carbocycles. The van der Waals surface area contributed by atoms with Gasteiger partial charge in [-0.25, -0.2) is 9.48 Å². The maximum atomic E-state index is 12.3. The van der Waals surface area contributed by atoms with Gasteiger partial charge >= 0.3 is 5.97 Å². The number of aromatic nitrogens is 2. The second-order valence-electron chi connectivity index (χ2n) is 6.91. The highest BCUT2D eigenvalue weighted by atomic mass is 16.6. The summed E-state index contributed by atoms with van der Waals surface area (Å²) in [4.78, 5) is 22.6. The molecule has 0 bridgehead atoms. The van der Waals surface area contributed by atoms with Crippen LogP contribution in [-0.4, -0.2) is 20.7 Å². The Morgan fingerprint density at radius 2 is 1.79 bits per heavy atom. The van der Waals surface area contributed by atoms with Crippen molar-refractivity contribution in [2.24, 2.45) is 0 Å². The Morgan fingerprint density at radius 3 is 2.38 bits per heavy atom. The molecule has 0 atom stereocenters. The Kier molecular flexibility index (Phi) is 5.87. The van der Waals surface area contributed by atoms with Gasteiger partial charge < -0.3 is 4.74 Å². The van der Waals surface area contributed by atoms with Gasteiger partial charge in [-0.2, -0.15) is 5.10 Å². The summed E-state index contributed by atoms with van der Waals surface area (Å²) in [7, 11) is 0. The van der Waals surface area contributed by atoms with E-state index < -0.39 is 10.9 Å². The van der Waals surface area contributed by atoms with Gasteiger partial charge in [0.05, 0.1) is 16.3 Å². The highest BCUT2D eigenvalue weighted by molar-refractivity contribution is 5.88. The Hall–Kier alpha value is -3.74. The SMILES string of the molecule is Cc1ccc(-n2nc(C(C)C)cc2OC(=O)C=Cc2ccc([N+](=O)[O-])cc2)cc1. The number of non-ortho nitro benzene ring substituents is 1. The van der Waals surface area contributed by atoms with E-state index in [0.29, 0.717) is 11.4 Å². The Balaban J connectivity index is 1.80. The standard InChI is InChI=1S/C22H21N3O4/c1-15(2)20-14-21(24(23-20)18-9-4-16(3)5-10-18)29-22(26)13-8-17-6-11-19(12-7-17)25(27)28/h4-15H,1-3H3. The Bertz CT molecular complexity index is 1050. The van der Waals surface area contributed by atoms with E-state index in [1.165, 1.54) is 18.2 Å². The van der Waals surface area contributed by atoms with Gasteiger partial charge in [0.2, 0.25) is 5.88 Å². The van der Waals surface area contributed by atoms with E-state index in [1.807, 2.05) is 45.0 Å². The fourth-order valence-electron chi connectivity index (χ4n) is 2.62. The van der Waals surface area contributed by atoms with Crippen LogP contribution in [0.2, 0.25) is 0 Å². The van der Waals surface area contributed by atoms with Gasteiger partial charge in [-0.3, -0.25) is 10.1 Å². The summed E-state index contributed by atoms with van der Waals surface area (Å²) in [6.45, 7) is 6.03. The molecule has 0 saturated heterocycles. The van der Waals surface area contributed by atoms with Crippen LogP contribution in [0.5, 0.6) is 5.88 Å². The molecule has 0 N–H and O–H groups in total. The van der Waals surface area contributed by atoms with E-state index >= 15 is 0 Å². The van der Waals surface area contributed by atoms with Crippen LogP contribution in [0.1, 0.15) is 36.6 Å². The number of rotatable bonds is 6. The lowest BCUT2D eigenvalue weighted by Gasteiger charge is -2.07. The first-order valence-corrected chi connectivity index (χ1v) is 9.15. The molecule has 0 radical (unpaired) electrons. The zero-order valence-electron chi connectivity index (χ0n) is 16.4. The molecule has 0 aliphatic rings. The largest absolute Gasteiger partial charge is 0.404 e. The van der Waals surface area contributed by atoms with Crippen molar-refractivity contribution < 1.29 is 14.5 Å². The van der Waals surface area contributed by atoms with Crippen LogP contribution < -0.4 is 4.74 Å². The van der Waals surface area contributed by atoms with Crippen molar-refractivity contribution in [3.05, 3.63) is 87.6 Å². The summed E-state index contributed by atoms with van der Waals surface area (Å²) in [6, 6.07) is 15.4. The molecule has 2 aromatic carbocycles. The second-order valence-corrected chi connectivity index (χ2v) is 6.91. The topological polar surface area (TPSA) is 87.3 Å². The predicted molar refractivity (Wildman–Crippen MR) is 110 cm³/mol. The molecule has 1 aromatic heterocycles. The summed E-state index contributed by atoms with van der Waals surface area (Å²) in [5.41, 5.74) is 3.38. The molecule has 0 spiro atoms. The lowest BCUT2D eigenvalue weighted by molar-refractivity contribution is -0.384. The third-order valence-electron chi connectivity index (χ3n) is 4.29. The van der Waals surface area contributed by atoms with Gasteiger partial charge in [-0.15, -0.1) is 0 Å². The van der Waals surface area contributed by atoms with Crippen molar-refractivity contribution in [1.29, 1.82) is 0 Å². The molecule has 3 rings (SSSR count). The first kappa shape index (κ1) is 20.0. The minimum Gasteiger partial charge on any atom is -0.404 e. The third-order valence-corrected chi connectivity index (χ3v) is 4.29. The summed E-state index contributed by atoms with van der Waals surface area (Å²) in [6.07, 6.45) is 2.82. The lowest BCUT2D eigenvalue weighted by Crippen LogP contribution is -2.08. The van der Waals surface area contributed by atoms with Crippen LogP contribution in [0.15, 0.2) is 60.7 Å². The van der Waals surface area contributed by atoms with Crippen molar-refractivity contribution in [2.75, 3.05) is 0 Å². The van der Waals surface area contributed by atoms with Crippen LogP contribution in [-0.2, 0) is 4.79 Å². The maximum absolute atomic E-state index is 12.3. The van der Waals surface area contributed by atoms with Crippen LogP contribution in [0.4, 0.5) is 5.69 Å². The number of nitro groups is 1. The van der Waals surface area contributed by atoms with Crippen molar-refractivity contribution in [3.8, 4) is 11.6 Å². The summed E-state index contributed by atoms with van der Waals surface area (Å²) in [5, 5.41) is 15.3. The van der Waals surface area contributed by atoms with E-state index in [4.69, 9.17) is 4.74 Å². The zero-order valence-corrected chi connectivity index (χ0v) is 16.4. The number of esters is 1. The molecule has 7 heteroatoms. The molecule has 3 aromatic rings. The van der Waals surface area contributed by atoms with Crippen LogP contribution in [0.25, 0.3) is 11.8 Å². The third kappa shape index (κ3) is 4.95. The summed E-state index contributed by atoms with van der Waals surface area (Å²) < 4.78 is 7.11. The molecule has 1 heterocycles. The van der Waals surface area contributed by atoms with Gasteiger partial charge in [0.1, 0.15) is 0 Å². The molecule has 0 amide bonds. The quantitative estimate of drug-likeness (QED) is 0.260. The van der Waals surface area contributed by atoms with Gasteiger partial charge in [0.25, 0.3) is 5.69 Å². The Labute approximate surface area is 168 Å². The first-order chi connectivity index (χ1) is 13.8. The van der Waals surface area contributed by atoms with Crippen molar-refractivity contribution in [3.63, 3.8) is 0 Å². The highest BCUT2D eigenvalue weighted by Crippen LogP contribution is 2.24. The van der Waals surface area contributed by atoms with Crippen molar-refractivity contribution in [2.45, 2.75) is 26.7 Å². The molecule has 0 aliphatic heterocycles. The fraction of sp³-hybridized carbons (Fsp3) is 0.182. The maximum Gasteiger partial charge on any atom is 0.337 e. The van der Waals surface area contributed by atoms with E-state index in [1.54, 1.807) is 29.0 Å². The number of hydrogen-bond acceptors (Lipinski definition) is 5. The minimum absolute atomic E-state index is 0.00654. The van der Waals surface area contributed by atoms with Crippen molar-refractivity contribution >= 4 is 17.7 Å². The highest BCUT2D eigenvalue weighted by Gasteiger charge is 2.15. The molecule has 148 valence electrons. The number of nitro benzene ring substituents is 1. The van der Waals surface area contributed by atoms with Gasteiger partial charge in [-0.05, 0) is 48.7 Å². The van der Waals surface area contributed by atoms with Crippen LogP contribution >= 0.6 is 0 Å². The van der Waals surface area contributed by atoms with Gasteiger partial charge in [-0.1, -0.05) is 31.5 Å². The average molecular weight is 391 g/mol. The number of ether oxygens (including phenoxy) is 1. The van der Waals surface area contributed by atoms with Crippen molar-refractivity contribution in [1.82, 2.24) is 9.78 Å². The summed E-state index contributed by atoms with van der Waals surface area (Å²) >= 11 is 0. The average Bonchev–Trinajstić information content (AvgIpc) is 3.11. The Morgan fingerprint density at radius 1 is 1.14 bits per heavy atom. The van der Waals surface area contributed by atoms with E-state index in [9.17, 15) is 14.9 Å². The first-order valence-electron chi connectivity index (χ1n) is 9.15. The van der Waals surface area contributed by atoms with Crippen LogP contribution in [0, 0.1) is 17.0 Å². The second kappa shape index (κ2) is 8.52. The van der Waals surface area contributed by atoms with Crippen LogP contribution in [0.3, 0.4) is 0 Å². The molecule has 7 nitrogen and oxygen atoms in total. The molecular formula is C22H21N3O4. The minimum atomic E-state index is -0.563. The van der Waals surface area contributed by atoms with E-state index in [-0.39, 0.29) is 11.6 Å². The van der Waals surface area contributed by atoms with E-state index in [0.717, 1.165) is 16.9 Å². The molecule has 0 fully saturated rings.